The van der Waals surface area contributed by atoms with Crippen LogP contribution < -0.4 is 10.6 Å². The average molecular weight is 422 g/mol. The molecule has 2 aliphatic heterocycles. The van der Waals surface area contributed by atoms with Crippen LogP contribution >= 0.6 is 0 Å². The Morgan fingerprint density at radius 3 is 2.53 bits per heavy atom. The van der Waals surface area contributed by atoms with Gasteiger partial charge in [-0.1, -0.05) is 48.5 Å². The zero-order valence-corrected chi connectivity index (χ0v) is 17.5. The van der Waals surface area contributed by atoms with Crippen LogP contribution in [0.4, 0.5) is 0 Å². The Balaban J connectivity index is 1.34. The molecule has 32 heavy (non-hydrogen) atoms. The summed E-state index contributed by atoms with van der Waals surface area (Å²) in [6.07, 6.45) is 4.04. The van der Waals surface area contributed by atoms with Crippen molar-refractivity contribution in [1.29, 1.82) is 0 Å². The minimum atomic E-state index is -0.299. The number of aromatic nitrogens is 1. The van der Waals surface area contributed by atoms with Gasteiger partial charge in [-0.15, -0.1) is 0 Å². The molecule has 2 unspecified atom stereocenters. The first kappa shape index (κ1) is 19.0. The monoisotopic (exact) mass is 421 g/mol. The summed E-state index contributed by atoms with van der Waals surface area (Å²) in [7, 11) is 0. The number of fused-ring (bicyclic) bond motifs is 2. The maximum atomic E-state index is 12.1. The molecule has 5 nitrogen and oxygen atoms in total. The maximum absolute atomic E-state index is 12.1. The minimum Gasteiger partial charge on any atom is -0.361 e. The number of benzene rings is 3. The molecule has 1 fully saturated rings. The van der Waals surface area contributed by atoms with Crippen molar-refractivity contribution in [3.8, 4) is 11.1 Å². The summed E-state index contributed by atoms with van der Waals surface area (Å²) in [5.41, 5.74) is 6.99. The number of carbonyl (C=O) groups is 2. The van der Waals surface area contributed by atoms with Gasteiger partial charge in [0.25, 0.3) is 11.8 Å². The summed E-state index contributed by atoms with van der Waals surface area (Å²) in [4.78, 5) is 27.4. The molecule has 3 N–H and O–H groups in total. The molecule has 2 atom stereocenters. The molecule has 0 aliphatic carbocycles. The Morgan fingerprint density at radius 2 is 1.59 bits per heavy atom. The molecule has 4 aromatic rings. The highest BCUT2D eigenvalue weighted by Crippen LogP contribution is 2.40. The van der Waals surface area contributed by atoms with Gasteiger partial charge in [0.1, 0.15) is 0 Å². The highest BCUT2D eigenvalue weighted by Gasteiger charge is 2.30. The predicted molar refractivity (Wildman–Crippen MR) is 125 cm³/mol. The number of amides is 2. The fraction of sp³-hybridized carbons (Fsp3) is 0.185. The number of carbonyl (C=O) groups excluding carboxylic acids is 2. The van der Waals surface area contributed by atoms with E-state index in [2.05, 4.69) is 64.3 Å². The van der Waals surface area contributed by atoms with Gasteiger partial charge in [0.05, 0.1) is 11.1 Å². The fourth-order valence-corrected chi connectivity index (χ4v) is 5.24. The van der Waals surface area contributed by atoms with Crippen LogP contribution in [0.15, 0.2) is 72.9 Å². The van der Waals surface area contributed by atoms with Crippen LogP contribution in [0.1, 0.15) is 56.6 Å². The number of para-hydroxylation sites is 1. The third kappa shape index (κ3) is 3.05. The van der Waals surface area contributed by atoms with Crippen molar-refractivity contribution < 1.29 is 9.59 Å². The van der Waals surface area contributed by atoms with Crippen LogP contribution in [0.5, 0.6) is 0 Å². The van der Waals surface area contributed by atoms with Crippen molar-refractivity contribution >= 4 is 22.7 Å². The van der Waals surface area contributed by atoms with Gasteiger partial charge >= 0.3 is 0 Å². The number of rotatable bonds is 3. The molecule has 5 heteroatoms. The number of hydrogen-bond donors (Lipinski definition) is 3. The Hall–Kier alpha value is -3.70. The minimum absolute atomic E-state index is 0.210. The van der Waals surface area contributed by atoms with E-state index in [1.165, 1.54) is 22.1 Å². The standard InChI is InChI=1S/C27H23N3O2/c31-26-21-10-9-16(13-22(21)27(32)30-26)17-11-12-28-25(14-17)19-6-2-1-5-18(19)23-15-29-24-8-4-3-7-20(23)24/h1-10,13,15,17,25,28-29H,11-12,14H2,(H,30,31,32). The highest BCUT2D eigenvalue weighted by molar-refractivity contribution is 6.21. The lowest BCUT2D eigenvalue weighted by atomic mass is 9.81. The quantitative estimate of drug-likeness (QED) is 0.411. The summed E-state index contributed by atoms with van der Waals surface area (Å²) in [5, 5.41) is 7.33. The van der Waals surface area contributed by atoms with Gasteiger partial charge in [0.15, 0.2) is 0 Å². The van der Waals surface area contributed by atoms with E-state index < -0.39 is 0 Å². The molecule has 0 spiro atoms. The van der Waals surface area contributed by atoms with E-state index in [9.17, 15) is 9.59 Å². The van der Waals surface area contributed by atoms with Crippen molar-refractivity contribution in [2.45, 2.75) is 24.8 Å². The molecular formula is C27H23N3O2. The van der Waals surface area contributed by atoms with Crippen LogP contribution in [0, 0.1) is 0 Å². The molecule has 2 amide bonds. The third-order valence-corrected chi connectivity index (χ3v) is 6.85. The number of aromatic amines is 1. The lowest BCUT2D eigenvalue weighted by molar-refractivity contribution is 0.0879. The average Bonchev–Trinajstić information content (AvgIpc) is 3.39. The number of imide groups is 1. The molecule has 1 saturated heterocycles. The van der Waals surface area contributed by atoms with E-state index in [0.717, 1.165) is 30.5 Å². The van der Waals surface area contributed by atoms with E-state index in [1.54, 1.807) is 6.07 Å². The van der Waals surface area contributed by atoms with E-state index in [4.69, 9.17) is 0 Å². The van der Waals surface area contributed by atoms with Crippen molar-refractivity contribution in [3.63, 3.8) is 0 Å². The summed E-state index contributed by atoms with van der Waals surface area (Å²) in [6, 6.07) is 22.9. The first-order valence-corrected chi connectivity index (χ1v) is 11.1. The normalized spacial score (nSPS) is 20.4. The van der Waals surface area contributed by atoms with Gasteiger partial charge in [0.2, 0.25) is 0 Å². The molecule has 0 bridgehead atoms. The molecule has 1 aromatic heterocycles. The van der Waals surface area contributed by atoms with Crippen LogP contribution in [-0.2, 0) is 0 Å². The van der Waals surface area contributed by atoms with Gasteiger partial charge in [-0.3, -0.25) is 14.9 Å². The van der Waals surface area contributed by atoms with Crippen molar-refractivity contribution in [1.82, 2.24) is 15.6 Å². The van der Waals surface area contributed by atoms with E-state index >= 15 is 0 Å². The molecule has 3 aromatic carbocycles. The molecule has 3 heterocycles. The Bertz CT molecular complexity index is 1370. The van der Waals surface area contributed by atoms with Crippen molar-refractivity contribution in [2.24, 2.45) is 0 Å². The van der Waals surface area contributed by atoms with Crippen LogP contribution in [0.2, 0.25) is 0 Å². The second-order valence-electron chi connectivity index (χ2n) is 8.65. The molecule has 6 rings (SSSR count). The van der Waals surface area contributed by atoms with E-state index in [-0.39, 0.29) is 17.9 Å². The van der Waals surface area contributed by atoms with Gasteiger partial charge < -0.3 is 10.3 Å². The second-order valence-corrected chi connectivity index (χ2v) is 8.65. The van der Waals surface area contributed by atoms with Crippen LogP contribution in [-0.4, -0.2) is 23.3 Å². The van der Waals surface area contributed by atoms with Gasteiger partial charge in [0, 0.05) is 28.7 Å². The summed E-state index contributed by atoms with van der Waals surface area (Å²) in [5.74, 6) is -0.263. The summed E-state index contributed by atoms with van der Waals surface area (Å²) >= 11 is 0. The number of piperidine rings is 1. The van der Waals surface area contributed by atoms with E-state index in [1.807, 2.05) is 18.2 Å². The Labute approximate surface area is 185 Å². The molecule has 0 saturated carbocycles. The van der Waals surface area contributed by atoms with Crippen molar-refractivity contribution in [3.05, 3.63) is 95.2 Å². The Morgan fingerprint density at radius 1 is 0.781 bits per heavy atom. The van der Waals surface area contributed by atoms with E-state index in [0.29, 0.717) is 17.0 Å². The van der Waals surface area contributed by atoms with Gasteiger partial charge in [-0.25, -0.2) is 0 Å². The number of nitrogens with one attached hydrogen (secondary N) is 3. The summed E-state index contributed by atoms with van der Waals surface area (Å²) < 4.78 is 0. The second kappa shape index (κ2) is 7.46. The topological polar surface area (TPSA) is 74.0 Å². The molecule has 2 aliphatic rings. The highest BCUT2D eigenvalue weighted by atomic mass is 16.2. The van der Waals surface area contributed by atoms with Crippen molar-refractivity contribution in [2.75, 3.05) is 6.54 Å². The van der Waals surface area contributed by atoms with Crippen LogP contribution in [0.3, 0.4) is 0 Å². The molecule has 158 valence electrons. The van der Waals surface area contributed by atoms with Crippen LogP contribution in [0.25, 0.3) is 22.0 Å². The lowest BCUT2D eigenvalue weighted by Crippen LogP contribution is -2.31. The maximum Gasteiger partial charge on any atom is 0.258 e. The SMILES string of the molecule is O=C1NC(=O)c2cc(C3CCNC(c4ccccc4-c4c[nH]c5ccccc45)C3)ccc21. The molecule has 0 radical (unpaired) electrons. The predicted octanol–water partition coefficient (Wildman–Crippen LogP) is 4.93. The smallest absolute Gasteiger partial charge is 0.258 e. The first-order chi connectivity index (χ1) is 15.7. The summed E-state index contributed by atoms with van der Waals surface area (Å²) in [6.45, 7) is 0.903. The first-order valence-electron chi connectivity index (χ1n) is 11.1. The number of hydrogen-bond acceptors (Lipinski definition) is 3. The van der Waals surface area contributed by atoms with Gasteiger partial charge in [-0.05, 0) is 60.2 Å². The zero-order chi connectivity index (χ0) is 21.7. The molecular weight excluding hydrogens is 398 g/mol. The third-order valence-electron chi connectivity index (χ3n) is 6.85. The Kier molecular flexibility index (Phi) is 4.44. The van der Waals surface area contributed by atoms with Gasteiger partial charge in [-0.2, -0.15) is 0 Å². The fourth-order valence-electron chi connectivity index (χ4n) is 5.24. The lowest BCUT2D eigenvalue weighted by Gasteiger charge is -2.32. The number of H-pyrrole nitrogens is 1. The zero-order valence-electron chi connectivity index (χ0n) is 17.5. The largest absolute Gasteiger partial charge is 0.361 e.